The number of carbonyl (C=O) groups is 1. The zero-order valence-electron chi connectivity index (χ0n) is 9.86. The molecule has 1 heterocycles. The molecule has 0 aliphatic rings. The Bertz CT molecular complexity index is 296. The molecule has 0 saturated carbocycles. The van der Waals surface area contributed by atoms with Crippen molar-refractivity contribution in [3.05, 3.63) is 22.4 Å². The monoisotopic (exact) mass is 241 g/mol. The first kappa shape index (κ1) is 13.2. The third-order valence-electron chi connectivity index (χ3n) is 1.95. The van der Waals surface area contributed by atoms with Gasteiger partial charge < -0.3 is 10.1 Å². The number of amides is 1. The van der Waals surface area contributed by atoms with Gasteiger partial charge in [-0.25, -0.2) is 0 Å². The fourth-order valence-corrected chi connectivity index (χ4v) is 1.83. The van der Waals surface area contributed by atoms with Crippen LogP contribution in [0.4, 0.5) is 0 Å². The average Bonchev–Trinajstić information content (AvgIpc) is 2.75. The van der Waals surface area contributed by atoms with Crippen molar-refractivity contribution in [2.24, 2.45) is 5.92 Å². The lowest BCUT2D eigenvalue weighted by Gasteiger charge is -2.07. The Morgan fingerprint density at radius 2 is 2.38 bits per heavy atom. The lowest BCUT2D eigenvalue weighted by atomic mass is 10.2. The summed E-state index contributed by atoms with van der Waals surface area (Å²) in [6.45, 7) is 6.42. The van der Waals surface area contributed by atoms with Crippen molar-refractivity contribution in [1.29, 1.82) is 0 Å². The van der Waals surface area contributed by atoms with Gasteiger partial charge >= 0.3 is 0 Å². The lowest BCUT2D eigenvalue weighted by Crippen LogP contribution is -2.24. The van der Waals surface area contributed by atoms with Gasteiger partial charge in [0.25, 0.3) is 5.91 Å². The molecule has 1 aromatic rings. The van der Waals surface area contributed by atoms with Gasteiger partial charge in [0.05, 0.1) is 4.88 Å². The zero-order chi connectivity index (χ0) is 11.8. The molecule has 3 nitrogen and oxygen atoms in total. The molecule has 0 aliphatic heterocycles. The van der Waals surface area contributed by atoms with Crippen molar-refractivity contribution in [3.63, 3.8) is 0 Å². The summed E-state index contributed by atoms with van der Waals surface area (Å²) in [7, 11) is 0. The second kappa shape index (κ2) is 7.41. The summed E-state index contributed by atoms with van der Waals surface area (Å²) in [5.41, 5.74) is 0. The Kier molecular flexibility index (Phi) is 6.11. The first-order chi connectivity index (χ1) is 7.70. The Morgan fingerprint density at radius 3 is 3.00 bits per heavy atom. The van der Waals surface area contributed by atoms with Crippen LogP contribution in [-0.2, 0) is 4.74 Å². The molecule has 0 spiro atoms. The standard InChI is InChI=1S/C12H19NO2S/c1-10(2)9-15-7-4-6-13-12(14)11-5-3-8-16-11/h3,5,8,10H,4,6-7,9H2,1-2H3,(H,13,14). The Morgan fingerprint density at radius 1 is 1.56 bits per heavy atom. The molecule has 1 N–H and O–H groups in total. The predicted molar refractivity (Wildman–Crippen MR) is 66.9 cm³/mol. The van der Waals surface area contributed by atoms with E-state index in [2.05, 4.69) is 19.2 Å². The summed E-state index contributed by atoms with van der Waals surface area (Å²) < 4.78 is 5.42. The highest BCUT2D eigenvalue weighted by Crippen LogP contribution is 2.07. The second-order valence-corrected chi connectivity index (χ2v) is 5.00. The maximum atomic E-state index is 11.5. The Hall–Kier alpha value is -0.870. The molecule has 4 heteroatoms. The van der Waals surface area contributed by atoms with Crippen LogP contribution in [0.2, 0.25) is 0 Å². The van der Waals surface area contributed by atoms with Gasteiger partial charge in [0.2, 0.25) is 0 Å². The highest BCUT2D eigenvalue weighted by atomic mass is 32.1. The fourth-order valence-electron chi connectivity index (χ4n) is 1.19. The molecule has 16 heavy (non-hydrogen) atoms. The largest absolute Gasteiger partial charge is 0.381 e. The van der Waals surface area contributed by atoms with Crippen LogP contribution in [0.1, 0.15) is 29.9 Å². The van der Waals surface area contributed by atoms with Gasteiger partial charge in [-0.1, -0.05) is 19.9 Å². The van der Waals surface area contributed by atoms with Gasteiger partial charge in [-0.2, -0.15) is 0 Å². The quantitative estimate of drug-likeness (QED) is 0.745. The highest BCUT2D eigenvalue weighted by molar-refractivity contribution is 7.12. The lowest BCUT2D eigenvalue weighted by molar-refractivity contribution is 0.0928. The van der Waals surface area contributed by atoms with Crippen molar-refractivity contribution in [2.75, 3.05) is 19.8 Å². The maximum absolute atomic E-state index is 11.5. The highest BCUT2D eigenvalue weighted by Gasteiger charge is 2.04. The van der Waals surface area contributed by atoms with Gasteiger partial charge in [-0.05, 0) is 23.8 Å². The van der Waals surface area contributed by atoms with Crippen LogP contribution in [0.3, 0.4) is 0 Å². The van der Waals surface area contributed by atoms with E-state index in [0.29, 0.717) is 19.1 Å². The van der Waals surface area contributed by atoms with E-state index in [1.165, 1.54) is 11.3 Å². The smallest absolute Gasteiger partial charge is 0.261 e. The van der Waals surface area contributed by atoms with E-state index >= 15 is 0 Å². The third-order valence-corrected chi connectivity index (χ3v) is 2.82. The summed E-state index contributed by atoms with van der Waals surface area (Å²) in [5, 5.41) is 4.77. The van der Waals surface area contributed by atoms with Crippen molar-refractivity contribution < 1.29 is 9.53 Å². The molecule has 0 bridgehead atoms. The van der Waals surface area contributed by atoms with Crippen LogP contribution < -0.4 is 5.32 Å². The van der Waals surface area contributed by atoms with Crippen LogP contribution in [0.15, 0.2) is 17.5 Å². The zero-order valence-corrected chi connectivity index (χ0v) is 10.7. The topological polar surface area (TPSA) is 38.3 Å². The normalized spacial score (nSPS) is 10.7. The van der Waals surface area contributed by atoms with Crippen LogP contribution in [-0.4, -0.2) is 25.7 Å². The van der Waals surface area contributed by atoms with E-state index in [0.717, 1.165) is 17.9 Å². The number of nitrogens with one attached hydrogen (secondary N) is 1. The molecule has 0 saturated heterocycles. The number of carbonyl (C=O) groups excluding carboxylic acids is 1. The minimum atomic E-state index is 0.0128. The molecule has 1 rings (SSSR count). The van der Waals surface area contributed by atoms with Crippen molar-refractivity contribution >= 4 is 17.2 Å². The molecule has 0 aromatic carbocycles. The van der Waals surface area contributed by atoms with E-state index in [4.69, 9.17) is 4.74 Å². The molecular weight excluding hydrogens is 222 g/mol. The first-order valence-corrected chi connectivity index (χ1v) is 6.47. The van der Waals surface area contributed by atoms with Crippen molar-refractivity contribution in [3.8, 4) is 0 Å². The van der Waals surface area contributed by atoms with E-state index in [1.807, 2.05) is 17.5 Å². The van der Waals surface area contributed by atoms with Gasteiger partial charge in [-0.3, -0.25) is 4.79 Å². The van der Waals surface area contributed by atoms with Gasteiger partial charge in [0.15, 0.2) is 0 Å². The van der Waals surface area contributed by atoms with E-state index in [9.17, 15) is 4.79 Å². The molecule has 90 valence electrons. The second-order valence-electron chi connectivity index (χ2n) is 4.06. The van der Waals surface area contributed by atoms with E-state index in [-0.39, 0.29) is 5.91 Å². The fraction of sp³-hybridized carbons (Fsp3) is 0.583. The molecule has 0 radical (unpaired) electrons. The van der Waals surface area contributed by atoms with Gasteiger partial charge in [0.1, 0.15) is 0 Å². The Labute approximate surface area is 101 Å². The van der Waals surface area contributed by atoms with E-state index in [1.54, 1.807) is 0 Å². The number of rotatable bonds is 7. The van der Waals surface area contributed by atoms with E-state index < -0.39 is 0 Å². The van der Waals surface area contributed by atoms with Gasteiger partial charge in [0, 0.05) is 19.8 Å². The summed E-state index contributed by atoms with van der Waals surface area (Å²) in [5.74, 6) is 0.583. The maximum Gasteiger partial charge on any atom is 0.261 e. The van der Waals surface area contributed by atoms with Crippen LogP contribution >= 0.6 is 11.3 Å². The molecule has 0 fully saturated rings. The molecular formula is C12H19NO2S. The van der Waals surface area contributed by atoms with Gasteiger partial charge in [-0.15, -0.1) is 11.3 Å². The minimum absolute atomic E-state index is 0.0128. The summed E-state index contributed by atoms with van der Waals surface area (Å²) in [6, 6.07) is 3.71. The molecule has 1 aromatic heterocycles. The number of ether oxygens (including phenoxy) is 1. The van der Waals surface area contributed by atoms with Crippen molar-refractivity contribution in [1.82, 2.24) is 5.32 Å². The van der Waals surface area contributed by atoms with Crippen molar-refractivity contribution in [2.45, 2.75) is 20.3 Å². The average molecular weight is 241 g/mol. The predicted octanol–water partition coefficient (Wildman–Crippen LogP) is 2.54. The third kappa shape index (κ3) is 5.28. The minimum Gasteiger partial charge on any atom is -0.381 e. The molecule has 1 amide bonds. The number of hydrogen-bond acceptors (Lipinski definition) is 3. The molecule has 0 unspecified atom stereocenters. The first-order valence-electron chi connectivity index (χ1n) is 5.59. The van der Waals surface area contributed by atoms with Crippen LogP contribution in [0, 0.1) is 5.92 Å². The number of hydrogen-bond donors (Lipinski definition) is 1. The Balaban J connectivity index is 2.01. The SMILES string of the molecule is CC(C)COCCCNC(=O)c1cccs1. The summed E-state index contributed by atoms with van der Waals surface area (Å²) in [4.78, 5) is 12.3. The summed E-state index contributed by atoms with van der Waals surface area (Å²) in [6.07, 6.45) is 0.865. The van der Waals surface area contributed by atoms with Crippen LogP contribution in [0.25, 0.3) is 0 Å². The molecule has 0 atom stereocenters. The van der Waals surface area contributed by atoms with Crippen LogP contribution in [0.5, 0.6) is 0 Å². The number of thiophene rings is 1. The summed E-state index contributed by atoms with van der Waals surface area (Å²) >= 11 is 1.46. The molecule has 0 aliphatic carbocycles.